The van der Waals surface area contributed by atoms with E-state index in [2.05, 4.69) is 15.5 Å². The normalized spacial score (nSPS) is 23.5. The first-order chi connectivity index (χ1) is 9.27. The van der Waals surface area contributed by atoms with Crippen LogP contribution in [0.1, 0.15) is 64.7 Å². The van der Waals surface area contributed by atoms with Gasteiger partial charge >= 0.3 is 0 Å². The van der Waals surface area contributed by atoms with Crippen LogP contribution in [0.15, 0.2) is 4.52 Å². The fraction of sp³-hybridized carbons (Fsp3) is 0.786. The first kappa shape index (κ1) is 17.9. The van der Waals surface area contributed by atoms with E-state index in [0.717, 1.165) is 19.3 Å². The number of rotatable bonds is 3. The maximum atomic E-state index is 12.1. The molecule has 6 nitrogen and oxygen atoms in total. The van der Waals surface area contributed by atoms with Crippen LogP contribution >= 0.6 is 12.4 Å². The molecule has 1 heterocycles. The predicted molar refractivity (Wildman–Crippen MR) is 82.1 cm³/mol. The average Bonchev–Trinajstić information content (AvgIpc) is 2.95. The topological polar surface area (TPSA) is 94.0 Å². The summed E-state index contributed by atoms with van der Waals surface area (Å²) in [6.45, 7) is 7.91. The van der Waals surface area contributed by atoms with Crippen molar-refractivity contribution in [3.05, 3.63) is 11.7 Å². The highest BCUT2D eigenvalue weighted by molar-refractivity contribution is 5.85. The second-order valence-corrected chi connectivity index (χ2v) is 6.71. The van der Waals surface area contributed by atoms with Crippen molar-refractivity contribution < 1.29 is 9.32 Å². The van der Waals surface area contributed by atoms with Gasteiger partial charge < -0.3 is 15.6 Å². The summed E-state index contributed by atoms with van der Waals surface area (Å²) in [5.74, 6) is 1.14. The minimum absolute atomic E-state index is 0. The largest absolute Gasteiger partial charge is 0.344 e. The standard InChI is InChI=1S/C14H24N4O2.ClH/c1-8(12-17-13(18-20-12)14(2,3)4)16-11(19)9-5-6-10(15)7-9;/h8-10H,5-7,15H2,1-4H3,(H,16,19);1H. The SMILES string of the molecule is CC(NC(=O)C1CCC(N)C1)c1nc(C(C)(C)C)no1.Cl. The number of aromatic nitrogens is 2. The Morgan fingerprint density at radius 3 is 2.57 bits per heavy atom. The van der Waals surface area contributed by atoms with Crippen molar-refractivity contribution in [2.45, 2.75) is 64.5 Å². The summed E-state index contributed by atoms with van der Waals surface area (Å²) < 4.78 is 5.24. The Bertz CT molecular complexity index is 484. The fourth-order valence-electron chi connectivity index (χ4n) is 2.36. The Morgan fingerprint density at radius 2 is 2.10 bits per heavy atom. The van der Waals surface area contributed by atoms with Gasteiger partial charge in [-0.15, -0.1) is 12.4 Å². The second-order valence-electron chi connectivity index (χ2n) is 6.71. The number of carbonyl (C=O) groups excluding carboxylic acids is 1. The molecular formula is C14H25ClN4O2. The number of halogens is 1. The van der Waals surface area contributed by atoms with Crippen LogP contribution in [0.2, 0.25) is 0 Å². The summed E-state index contributed by atoms with van der Waals surface area (Å²) >= 11 is 0. The van der Waals surface area contributed by atoms with Crippen LogP contribution in [0, 0.1) is 5.92 Å². The lowest BCUT2D eigenvalue weighted by Crippen LogP contribution is -2.32. The molecule has 3 unspecified atom stereocenters. The van der Waals surface area contributed by atoms with Crippen LogP contribution in [-0.4, -0.2) is 22.1 Å². The lowest BCUT2D eigenvalue weighted by molar-refractivity contribution is -0.125. The zero-order chi connectivity index (χ0) is 14.9. The van der Waals surface area contributed by atoms with Crippen molar-refractivity contribution in [2.75, 3.05) is 0 Å². The lowest BCUT2D eigenvalue weighted by Gasteiger charge is -2.14. The minimum atomic E-state index is -0.275. The van der Waals surface area contributed by atoms with Gasteiger partial charge in [-0.3, -0.25) is 4.79 Å². The molecule has 3 N–H and O–H groups in total. The third kappa shape index (κ3) is 4.41. The van der Waals surface area contributed by atoms with Crippen LogP contribution in [0.3, 0.4) is 0 Å². The monoisotopic (exact) mass is 316 g/mol. The van der Waals surface area contributed by atoms with Gasteiger partial charge in [-0.25, -0.2) is 0 Å². The zero-order valence-corrected chi connectivity index (χ0v) is 13.9. The minimum Gasteiger partial charge on any atom is -0.344 e. The molecule has 3 atom stereocenters. The van der Waals surface area contributed by atoms with Crippen molar-refractivity contribution in [3.63, 3.8) is 0 Å². The molecular weight excluding hydrogens is 292 g/mol. The Morgan fingerprint density at radius 1 is 1.43 bits per heavy atom. The molecule has 2 rings (SSSR count). The van der Waals surface area contributed by atoms with Crippen LogP contribution in [-0.2, 0) is 10.2 Å². The summed E-state index contributed by atoms with van der Waals surface area (Å²) in [6, 6.07) is -0.125. The number of nitrogens with zero attached hydrogens (tertiary/aromatic N) is 2. The molecule has 120 valence electrons. The molecule has 0 aromatic carbocycles. The molecule has 0 aliphatic heterocycles. The molecule has 1 fully saturated rings. The van der Waals surface area contributed by atoms with Gasteiger partial charge in [0.05, 0.1) is 0 Å². The Hall–Kier alpha value is -1.14. The molecule has 21 heavy (non-hydrogen) atoms. The summed E-state index contributed by atoms with van der Waals surface area (Å²) in [5.41, 5.74) is 5.67. The highest BCUT2D eigenvalue weighted by atomic mass is 35.5. The molecule has 1 aromatic heterocycles. The maximum Gasteiger partial charge on any atom is 0.248 e. The fourth-order valence-corrected chi connectivity index (χ4v) is 2.36. The molecule has 0 saturated heterocycles. The average molecular weight is 317 g/mol. The van der Waals surface area contributed by atoms with E-state index in [1.807, 2.05) is 27.7 Å². The van der Waals surface area contributed by atoms with Crippen LogP contribution in [0.25, 0.3) is 0 Å². The molecule has 1 saturated carbocycles. The number of nitrogens with one attached hydrogen (secondary N) is 1. The molecule has 0 spiro atoms. The summed E-state index contributed by atoms with van der Waals surface area (Å²) in [4.78, 5) is 16.5. The number of nitrogens with two attached hydrogens (primary N) is 1. The van der Waals surface area contributed by atoms with Gasteiger partial charge in [0.1, 0.15) is 6.04 Å². The van der Waals surface area contributed by atoms with E-state index in [1.165, 1.54) is 0 Å². The van der Waals surface area contributed by atoms with Crippen molar-refractivity contribution in [1.82, 2.24) is 15.5 Å². The summed E-state index contributed by atoms with van der Waals surface area (Å²) in [7, 11) is 0. The van der Waals surface area contributed by atoms with E-state index >= 15 is 0 Å². The van der Waals surface area contributed by atoms with Crippen molar-refractivity contribution in [3.8, 4) is 0 Å². The lowest BCUT2D eigenvalue weighted by atomic mass is 9.96. The molecule has 1 aromatic rings. The number of carbonyl (C=O) groups is 1. The van der Waals surface area contributed by atoms with E-state index in [4.69, 9.17) is 10.3 Å². The first-order valence-corrected chi connectivity index (χ1v) is 7.17. The Labute approximate surface area is 131 Å². The number of amides is 1. The molecule has 0 radical (unpaired) electrons. The van der Waals surface area contributed by atoms with Crippen LogP contribution < -0.4 is 11.1 Å². The van der Waals surface area contributed by atoms with Gasteiger partial charge in [0.2, 0.25) is 11.8 Å². The zero-order valence-electron chi connectivity index (χ0n) is 13.0. The molecule has 0 bridgehead atoms. The molecule has 1 aliphatic rings. The summed E-state index contributed by atoms with van der Waals surface area (Å²) in [5, 5.41) is 6.90. The Kier molecular flexibility index (Phi) is 5.75. The van der Waals surface area contributed by atoms with Gasteiger partial charge in [-0.2, -0.15) is 4.98 Å². The van der Waals surface area contributed by atoms with E-state index < -0.39 is 0 Å². The van der Waals surface area contributed by atoms with Gasteiger partial charge in [0.15, 0.2) is 5.82 Å². The highest BCUT2D eigenvalue weighted by Gasteiger charge is 2.30. The van der Waals surface area contributed by atoms with Gasteiger partial charge in [-0.1, -0.05) is 25.9 Å². The van der Waals surface area contributed by atoms with Gasteiger partial charge in [0, 0.05) is 17.4 Å². The number of hydrogen-bond donors (Lipinski definition) is 2. The van der Waals surface area contributed by atoms with E-state index in [0.29, 0.717) is 11.7 Å². The molecule has 1 amide bonds. The number of hydrogen-bond acceptors (Lipinski definition) is 5. The smallest absolute Gasteiger partial charge is 0.248 e. The third-order valence-electron chi connectivity index (χ3n) is 3.69. The Balaban J connectivity index is 0.00000220. The van der Waals surface area contributed by atoms with E-state index in [1.54, 1.807) is 0 Å². The van der Waals surface area contributed by atoms with Crippen molar-refractivity contribution in [2.24, 2.45) is 11.7 Å². The molecule has 7 heteroatoms. The maximum absolute atomic E-state index is 12.1. The van der Waals surface area contributed by atoms with Crippen molar-refractivity contribution >= 4 is 18.3 Å². The third-order valence-corrected chi connectivity index (χ3v) is 3.69. The van der Waals surface area contributed by atoms with E-state index in [-0.39, 0.29) is 41.7 Å². The van der Waals surface area contributed by atoms with Crippen LogP contribution in [0.5, 0.6) is 0 Å². The highest BCUT2D eigenvalue weighted by Crippen LogP contribution is 2.25. The first-order valence-electron chi connectivity index (χ1n) is 7.17. The summed E-state index contributed by atoms with van der Waals surface area (Å²) in [6.07, 6.45) is 2.54. The van der Waals surface area contributed by atoms with Crippen LogP contribution in [0.4, 0.5) is 0 Å². The van der Waals surface area contributed by atoms with Crippen molar-refractivity contribution in [1.29, 1.82) is 0 Å². The quantitative estimate of drug-likeness (QED) is 0.890. The van der Waals surface area contributed by atoms with Gasteiger partial charge in [0.25, 0.3) is 0 Å². The van der Waals surface area contributed by atoms with Gasteiger partial charge in [-0.05, 0) is 26.2 Å². The second kappa shape index (κ2) is 6.75. The molecule has 1 aliphatic carbocycles. The van der Waals surface area contributed by atoms with E-state index in [9.17, 15) is 4.79 Å². The predicted octanol–water partition coefficient (Wildman–Crippen LogP) is 2.09.